The van der Waals surface area contributed by atoms with E-state index in [-0.39, 0.29) is 0 Å². The molecule has 0 saturated heterocycles. The van der Waals surface area contributed by atoms with Crippen molar-refractivity contribution >= 4 is 110 Å². The molecule has 422 valence electrons. The zero-order valence-electron chi connectivity index (χ0n) is 50.3. The number of fused-ring (bicyclic) bond motifs is 8. The Kier molecular flexibility index (Phi) is 13.1. The maximum atomic E-state index is 2.69. The molecule has 16 rings (SSSR count). The lowest BCUT2D eigenvalue weighted by atomic mass is 9.85. The molecule has 0 spiro atoms. The first-order valence-electron chi connectivity index (χ1n) is 32.3. The van der Waals surface area contributed by atoms with Crippen molar-refractivity contribution in [3.05, 3.63) is 251 Å². The van der Waals surface area contributed by atoms with Gasteiger partial charge in [-0.3, -0.25) is 0 Å². The molecule has 0 saturated carbocycles. The second-order valence-corrected chi connectivity index (χ2v) is 24.8. The first kappa shape index (κ1) is 52.4. The quantitative estimate of drug-likeness (QED) is 0.101. The highest BCUT2D eigenvalue weighted by Gasteiger charge is 2.29. The fourth-order valence-corrected chi connectivity index (χ4v) is 15.8. The first-order valence-corrected chi connectivity index (χ1v) is 32.3. The molecule has 4 nitrogen and oxygen atoms in total. The van der Waals surface area contributed by atoms with Crippen molar-refractivity contribution in [3.8, 4) is 11.4 Å². The van der Waals surface area contributed by atoms with Gasteiger partial charge in [0.2, 0.25) is 0 Å². The largest absolute Gasteiger partial charge is 0.310 e. The second-order valence-electron chi connectivity index (χ2n) is 24.8. The summed E-state index contributed by atoms with van der Waals surface area (Å²) in [6.07, 6.45) is 15.3. The summed E-state index contributed by atoms with van der Waals surface area (Å²) in [4.78, 5) is 5.39. The fraction of sp³-hybridized carbons (Fsp3) is 0.220. The van der Waals surface area contributed by atoms with E-state index in [1.165, 1.54) is 192 Å². The molecule has 12 aromatic carbocycles. The van der Waals surface area contributed by atoms with Crippen LogP contribution in [0.5, 0.6) is 0 Å². The number of nitrogens with zero attached hydrogens (tertiary/aromatic N) is 4. The molecule has 0 N–H and O–H groups in total. The van der Waals surface area contributed by atoms with Crippen molar-refractivity contribution in [2.75, 3.05) is 9.80 Å². The Labute approximate surface area is 505 Å². The molecule has 4 heteroatoms. The van der Waals surface area contributed by atoms with Gasteiger partial charge in [0.05, 0.1) is 33.4 Å². The molecule has 2 aliphatic carbocycles. The molecule has 0 aliphatic heterocycles. The summed E-state index contributed by atoms with van der Waals surface area (Å²) in [5.74, 6) is 0. The van der Waals surface area contributed by atoms with E-state index in [0.29, 0.717) is 0 Å². The van der Waals surface area contributed by atoms with Crippen LogP contribution in [0, 0.1) is 0 Å². The van der Waals surface area contributed by atoms with Gasteiger partial charge in [0, 0.05) is 66.4 Å². The van der Waals surface area contributed by atoms with Crippen molar-refractivity contribution in [2.24, 2.45) is 0 Å². The number of hydrogen-bond acceptors (Lipinski definition) is 2. The monoisotopic (exact) mass is 1110 g/mol. The minimum Gasteiger partial charge on any atom is -0.310 e. The Morgan fingerprint density at radius 2 is 0.744 bits per heavy atom. The Morgan fingerprint density at radius 3 is 1.20 bits per heavy atom. The third kappa shape index (κ3) is 8.38. The van der Waals surface area contributed by atoms with Gasteiger partial charge in [-0.25, -0.2) is 0 Å². The molecule has 0 amide bonds. The molecule has 0 atom stereocenters. The van der Waals surface area contributed by atoms with E-state index in [4.69, 9.17) is 0 Å². The third-order valence-electron chi connectivity index (χ3n) is 19.8. The van der Waals surface area contributed by atoms with Crippen LogP contribution in [0.3, 0.4) is 0 Å². The number of rotatable bonds is 14. The number of aromatic nitrogens is 2. The Morgan fingerprint density at radius 1 is 0.326 bits per heavy atom. The summed E-state index contributed by atoms with van der Waals surface area (Å²) in [6, 6.07) is 80.6. The van der Waals surface area contributed by atoms with Gasteiger partial charge in [0.25, 0.3) is 0 Å². The highest BCUT2D eigenvalue weighted by atomic mass is 15.2. The minimum absolute atomic E-state index is 0.985. The van der Waals surface area contributed by atoms with Crippen molar-refractivity contribution in [3.63, 3.8) is 0 Å². The average Bonchev–Trinajstić information content (AvgIpc) is 0.896. The maximum absolute atomic E-state index is 2.69. The molecule has 0 fully saturated rings. The zero-order valence-corrected chi connectivity index (χ0v) is 50.3. The van der Waals surface area contributed by atoms with Crippen LogP contribution in [-0.4, -0.2) is 9.13 Å². The Bertz CT molecular complexity index is 4660. The number of anilines is 6. The molecule has 0 bridgehead atoms. The Balaban J connectivity index is 0.975. The van der Waals surface area contributed by atoms with Gasteiger partial charge in [0.15, 0.2) is 0 Å². The summed E-state index contributed by atoms with van der Waals surface area (Å²) >= 11 is 0. The van der Waals surface area contributed by atoms with Gasteiger partial charge in [-0.15, -0.1) is 0 Å². The summed E-state index contributed by atoms with van der Waals surface area (Å²) < 4.78 is 4.97. The normalized spacial score (nSPS) is 13.5. The first-order chi connectivity index (χ1) is 42.5. The third-order valence-corrected chi connectivity index (χ3v) is 19.8. The van der Waals surface area contributed by atoms with Crippen molar-refractivity contribution in [1.82, 2.24) is 9.13 Å². The summed E-state index contributed by atoms with van der Waals surface area (Å²) in [6.45, 7) is 9.22. The SMILES string of the molecule is CCCc1cc(N(c2ccc3c(c2)c2ccccc2n3-c2cccc(CC)c2)c2cccc3c2CCCC3)c2ccc3c(CCC)cc(N(c4ccc5c(c4)c4ccccc4n5-c4cccc(CC)c4)c4cccc5c4CCCC5)c4ccc1c2c34. The van der Waals surface area contributed by atoms with Gasteiger partial charge < -0.3 is 18.9 Å². The zero-order chi connectivity index (χ0) is 57.6. The van der Waals surface area contributed by atoms with Crippen LogP contribution < -0.4 is 9.80 Å². The van der Waals surface area contributed by atoms with E-state index >= 15 is 0 Å². The van der Waals surface area contributed by atoms with Crippen molar-refractivity contribution in [2.45, 2.75) is 118 Å². The van der Waals surface area contributed by atoms with Crippen LogP contribution in [-0.2, 0) is 51.4 Å². The van der Waals surface area contributed by atoms with E-state index < -0.39 is 0 Å². The maximum Gasteiger partial charge on any atom is 0.0543 e. The molecule has 14 aromatic rings. The molecule has 2 heterocycles. The fourth-order valence-electron chi connectivity index (χ4n) is 15.8. The van der Waals surface area contributed by atoms with Gasteiger partial charge in [-0.05, 0) is 240 Å². The highest BCUT2D eigenvalue weighted by Crippen LogP contribution is 2.53. The molecular weight excluding hydrogens is 1040 g/mol. The lowest BCUT2D eigenvalue weighted by Crippen LogP contribution is -2.17. The standard InChI is InChI=1S/C82H74N4/c1-5-21-57-49-79(85(73-37-19-27-55-25-9-11-31-63(55)73)61-39-45-77-71(51-61)67-33-13-15-35-75(67)83(77)59-29-17-23-53(7-3)47-59)69-44-42-66-58(22-6-2)50-80(70-43-41-65(57)81(69)82(66)70)86(74-38-20-28-56-26-10-12-32-64(56)74)62-40-46-78-72(52-62)68-34-14-16-36-76(68)84(78)60-30-18-24-54(8-4)48-60/h13-20,23-24,27-30,33-52H,5-12,21-22,25-26,31-32H2,1-4H3. The predicted molar refractivity (Wildman–Crippen MR) is 368 cm³/mol. The Hall–Kier alpha value is -9.12. The second kappa shape index (κ2) is 21.4. The molecule has 86 heavy (non-hydrogen) atoms. The number of aryl methyl sites for hydroxylation is 6. The van der Waals surface area contributed by atoms with Crippen LogP contribution in [0.1, 0.15) is 111 Å². The number of benzene rings is 12. The smallest absolute Gasteiger partial charge is 0.0543 e. The number of para-hydroxylation sites is 2. The van der Waals surface area contributed by atoms with E-state index in [9.17, 15) is 0 Å². The molecule has 2 aromatic heterocycles. The molecule has 2 aliphatic rings. The predicted octanol–water partition coefficient (Wildman–Crippen LogP) is 22.5. The van der Waals surface area contributed by atoms with Gasteiger partial charge in [-0.1, -0.05) is 150 Å². The van der Waals surface area contributed by atoms with Gasteiger partial charge in [-0.2, -0.15) is 0 Å². The lowest BCUT2D eigenvalue weighted by Gasteiger charge is -2.33. The minimum atomic E-state index is 0.985. The summed E-state index contributed by atoms with van der Waals surface area (Å²) in [5, 5.41) is 13.2. The molecule has 0 radical (unpaired) electrons. The molecular formula is C82H74N4. The van der Waals surface area contributed by atoms with Gasteiger partial charge in [0.1, 0.15) is 0 Å². The number of hydrogen-bond donors (Lipinski definition) is 0. The van der Waals surface area contributed by atoms with Crippen LogP contribution in [0.2, 0.25) is 0 Å². The van der Waals surface area contributed by atoms with Crippen LogP contribution in [0.25, 0.3) is 87.3 Å². The van der Waals surface area contributed by atoms with Crippen molar-refractivity contribution < 1.29 is 0 Å². The van der Waals surface area contributed by atoms with Gasteiger partial charge >= 0.3 is 0 Å². The topological polar surface area (TPSA) is 16.3 Å². The van der Waals surface area contributed by atoms with E-state index in [0.717, 1.165) is 64.2 Å². The highest BCUT2D eigenvalue weighted by molar-refractivity contribution is 6.29. The van der Waals surface area contributed by atoms with Crippen LogP contribution >= 0.6 is 0 Å². The van der Waals surface area contributed by atoms with E-state index in [1.54, 1.807) is 0 Å². The van der Waals surface area contributed by atoms with E-state index in [2.05, 4.69) is 253 Å². The van der Waals surface area contributed by atoms with Crippen LogP contribution in [0.4, 0.5) is 34.1 Å². The summed E-state index contributed by atoms with van der Waals surface area (Å²) in [5.41, 5.74) is 26.3. The van der Waals surface area contributed by atoms with E-state index in [1.807, 2.05) is 0 Å². The van der Waals surface area contributed by atoms with Crippen LogP contribution in [0.15, 0.2) is 206 Å². The van der Waals surface area contributed by atoms with Crippen molar-refractivity contribution in [1.29, 1.82) is 0 Å². The average molecular weight is 1120 g/mol. The lowest BCUT2D eigenvalue weighted by molar-refractivity contribution is 0.686. The molecule has 0 unspecified atom stereocenters. The summed E-state index contributed by atoms with van der Waals surface area (Å²) in [7, 11) is 0.